The Morgan fingerprint density at radius 3 is 2.45 bits per heavy atom. The van der Waals surface area contributed by atoms with Crippen molar-refractivity contribution in [2.75, 3.05) is 12.8 Å². The van der Waals surface area contributed by atoms with Gasteiger partial charge in [0, 0.05) is 29.2 Å². The molecule has 0 aliphatic heterocycles. The molecule has 0 radical (unpaired) electrons. The molecule has 20 heavy (non-hydrogen) atoms. The quantitative estimate of drug-likeness (QED) is 0.806. The Kier molecular flexibility index (Phi) is 5.71. The third-order valence-corrected chi connectivity index (χ3v) is 5.79. The Morgan fingerprint density at radius 2 is 2.05 bits per heavy atom. The molecule has 1 aromatic rings. The van der Waals surface area contributed by atoms with Gasteiger partial charge in [0.25, 0.3) is 0 Å². The lowest BCUT2D eigenvalue weighted by Crippen LogP contribution is -2.35. The predicted molar refractivity (Wildman–Crippen MR) is 83.5 cm³/mol. The van der Waals surface area contributed by atoms with E-state index in [1.807, 2.05) is 34.0 Å². The summed E-state index contributed by atoms with van der Waals surface area (Å²) >= 11 is 1.61. The molecule has 116 valence electrons. The van der Waals surface area contributed by atoms with Crippen molar-refractivity contribution in [1.82, 2.24) is 9.29 Å². The van der Waals surface area contributed by atoms with Crippen LogP contribution in [0.4, 0.5) is 0 Å². The Hall–Kier alpha value is -0.500. The smallest absolute Gasteiger partial charge is 0.242 e. The third kappa shape index (κ3) is 4.25. The molecule has 1 rings (SSSR count). The minimum absolute atomic E-state index is 0.101. The van der Waals surface area contributed by atoms with Crippen LogP contribution in [0.3, 0.4) is 0 Å². The second kappa shape index (κ2) is 6.51. The van der Waals surface area contributed by atoms with Gasteiger partial charge < -0.3 is 9.67 Å². The SMILES string of the molecule is CSC(C)(C)CNS(=O)(=O)c1cc(CO)n(C(C)C)c1. The van der Waals surface area contributed by atoms with E-state index in [4.69, 9.17) is 0 Å². The van der Waals surface area contributed by atoms with Gasteiger partial charge >= 0.3 is 0 Å². The minimum Gasteiger partial charge on any atom is -0.390 e. The van der Waals surface area contributed by atoms with Crippen molar-refractivity contribution in [3.8, 4) is 0 Å². The van der Waals surface area contributed by atoms with E-state index >= 15 is 0 Å². The van der Waals surface area contributed by atoms with Crippen LogP contribution < -0.4 is 4.72 Å². The molecule has 0 fully saturated rings. The number of thioether (sulfide) groups is 1. The fraction of sp³-hybridized carbons (Fsp3) is 0.692. The molecule has 0 bridgehead atoms. The molecule has 0 aromatic carbocycles. The lowest BCUT2D eigenvalue weighted by molar-refractivity contribution is 0.268. The molecule has 1 heterocycles. The van der Waals surface area contributed by atoms with Gasteiger partial charge in [-0.2, -0.15) is 11.8 Å². The van der Waals surface area contributed by atoms with Crippen LogP contribution in [0, 0.1) is 0 Å². The standard InChI is InChI=1S/C13H24N2O3S2/c1-10(2)15-7-12(6-11(15)8-16)20(17,18)14-9-13(3,4)19-5/h6-7,10,14,16H,8-9H2,1-5H3. The van der Waals surface area contributed by atoms with Crippen LogP contribution in [0.1, 0.15) is 39.4 Å². The highest BCUT2D eigenvalue weighted by Crippen LogP contribution is 2.22. The topological polar surface area (TPSA) is 71.3 Å². The molecule has 0 saturated carbocycles. The molecule has 2 N–H and O–H groups in total. The summed E-state index contributed by atoms with van der Waals surface area (Å²) in [6.45, 7) is 8.04. The first-order chi connectivity index (χ1) is 9.13. The Balaban J connectivity index is 2.99. The number of hydrogen-bond donors (Lipinski definition) is 2. The summed E-state index contributed by atoms with van der Waals surface area (Å²) < 4.78 is 28.8. The lowest BCUT2D eigenvalue weighted by atomic mass is 10.2. The maximum Gasteiger partial charge on any atom is 0.242 e. The van der Waals surface area contributed by atoms with E-state index in [2.05, 4.69) is 4.72 Å². The van der Waals surface area contributed by atoms with Crippen molar-refractivity contribution in [1.29, 1.82) is 0 Å². The molecule has 0 aliphatic carbocycles. The number of hydrogen-bond acceptors (Lipinski definition) is 4. The van der Waals surface area contributed by atoms with Crippen molar-refractivity contribution in [2.45, 2.75) is 50.0 Å². The molecule has 1 aromatic heterocycles. The highest BCUT2D eigenvalue weighted by Gasteiger charge is 2.23. The van der Waals surface area contributed by atoms with Crippen LogP contribution >= 0.6 is 11.8 Å². The highest BCUT2D eigenvalue weighted by atomic mass is 32.2. The van der Waals surface area contributed by atoms with Crippen LogP contribution in [0.5, 0.6) is 0 Å². The summed E-state index contributed by atoms with van der Waals surface area (Å²) in [6, 6.07) is 1.62. The predicted octanol–water partition coefficient (Wildman–Crippen LogP) is 1.98. The normalized spacial score (nSPS) is 13.2. The second-order valence-corrected chi connectivity index (χ2v) is 8.90. The zero-order valence-electron chi connectivity index (χ0n) is 12.7. The molecule has 0 saturated heterocycles. The average Bonchev–Trinajstić information content (AvgIpc) is 2.82. The molecule has 7 heteroatoms. The van der Waals surface area contributed by atoms with E-state index in [-0.39, 0.29) is 22.3 Å². The highest BCUT2D eigenvalue weighted by molar-refractivity contribution is 8.00. The fourth-order valence-electron chi connectivity index (χ4n) is 1.68. The summed E-state index contributed by atoms with van der Waals surface area (Å²) in [5, 5.41) is 9.30. The van der Waals surface area contributed by atoms with E-state index in [0.717, 1.165) is 0 Å². The van der Waals surface area contributed by atoms with Crippen LogP contribution in [-0.2, 0) is 16.6 Å². The molecule has 0 spiro atoms. The molecule has 0 amide bonds. The van der Waals surface area contributed by atoms with E-state index in [1.54, 1.807) is 22.5 Å². The molecule has 0 aliphatic rings. The van der Waals surface area contributed by atoms with Gasteiger partial charge in [0.1, 0.15) is 0 Å². The zero-order valence-corrected chi connectivity index (χ0v) is 14.3. The van der Waals surface area contributed by atoms with Gasteiger partial charge in [-0.1, -0.05) is 0 Å². The van der Waals surface area contributed by atoms with Crippen LogP contribution in [0.25, 0.3) is 0 Å². The fourth-order valence-corrected chi connectivity index (χ4v) is 3.24. The number of sulfonamides is 1. The van der Waals surface area contributed by atoms with Gasteiger partial charge in [-0.15, -0.1) is 0 Å². The van der Waals surface area contributed by atoms with E-state index in [9.17, 15) is 13.5 Å². The van der Waals surface area contributed by atoms with E-state index in [0.29, 0.717) is 12.2 Å². The van der Waals surface area contributed by atoms with Crippen LogP contribution in [0.2, 0.25) is 0 Å². The Bertz CT molecular complexity index is 548. The van der Waals surface area contributed by atoms with Gasteiger partial charge in [0.05, 0.1) is 11.5 Å². The third-order valence-electron chi connectivity index (χ3n) is 3.18. The van der Waals surface area contributed by atoms with Crippen LogP contribution in [0.15, 0.2) is 17.2 Å². The first-order valence-electron chi connectivity index (χ1n) is 6.49. The van der Waals surface area contributed by atoms with Crippen molar-refractivity contribution < 1.29 is 13.5 Å². The van der Waals surface area contributed by atoms with Gasteiger partial charge in [-0.25, -0.2) is 13.1 Å². The van der Waals surface area contributed by atoms with Gasteiger partial charge in [0.2, 0.25) is 10.0 Å². The molecule has 0 atom stereocenters. The van der Waals surface area contributed by atoms with Crippen molar-refractivity contribution in [3.05, 3.63) is 18.0 Å². The lowest BCUT2D eigenvalue weighted by Gasteiger charge is -2.21. The maximum atomic E-state index is 12.3. The van der Waals surface area contributed by atoms with Gasteiger partial charge in [0.15, 0.2) is 0 Å². The van der Waals surface area contributed by atoms with Crippen molar-refractivity contribution in [2.24, 2.45) is 0 Å². The van der Waals surface area contributed by atoms with Crippen molar-refractivity contribution >= 4 is 21.8 Å². The Labute approximate surface area is 125 Å². The summed E-state index contributed by atoms with van der Waals surface area (Å²) in [6.07, 6.45) is 3.53. The molecular weight excluding hydrogens is 296 g/mol. The first kappa shape index (κ1) is 17.6. The molecule has 5 nitrogen and oxygen atoms in total. The number of rotatable bonds is 7. The maximum absolute atomic E-state index is 12.3. The van der Waals surface area contributed by atoms with Gasteiger partial charge in [-0.05, 0) is 40.0 Å². The zero-order chi connectivity index (χ0) is 15.6. The minimum atomic E-state index is -3.54. The van der Waals surface area contributed by atoms with E-state index < -0.39 is 10.0 Å². The summed E-state index contributed by atoms with van der Waals surface area (Å²) in [4.78, 5) is 0.201. The molecule has 0 unspecified atom stereocenters. The summed E-state index contributed by atoms with van der Waals surface area (Å²) in [7, 11) is -3.54. The van der Waals surface area contributed by atoms with E-state index in [1.165, 1.54) is 6.07 Å². The second-order valence-electron chi connectivity index (χ2n) is 5.61. The first-order valence-corrected chi connectivity index (χ1v) is 9.20. The van der Waals surface area contributed by atoms with Crippen LogP contribution in [-0.4, -0.2) is 35.6 Å². The monoisotopic (exact) mass is 320 g/mol. The van der Waals surface area contributed by atoms with Gasteiger partial charge in [-0.3, -0.25) is 0 Å². The van der Waals surface area contributed by atoms with Crippen molar-refractivity contribution in [3.63, 3.8) is 0 Å². The number of aliphatic hydroxyl groups excluding tert-OH is 1. The average molecular weight is 320 g/mol. The number of nitrogens with one attached hydrogen (secondary N) is 1. The number of nitrogens with zero attached hydrogens (tertiary/aromatic N) is 1. The summed E-state index contributed by atoms with van der Waals surface area (Å²) in [5.41, 5.74) is 0.601. The summed E-state index contributed by atoms with van der Waals surface area (Å²) in [5.74, 6) is 0. The number of aliphatic hydroxyl groups is 1. The molecular formula is C13H24N2O3S2. The Morgan fingerprint density at radius 1 is 1.45 bits per heavy atom. The largest absolute Gasteiger partial charge is 0.390 e. The number of aromatic nitrogens is 1.